The maximum absolute atomic E-state index is 12.9. The third-order valence-corrected chi connectivity index (χ3v) is 4.79. The Morgan fingerprint density at radius 2 is 1.92 bits per heavy atom. The Morgan fingerprint density at radius 3 is 2.67 bits per heavy atom. The number of halogens is 1. The minimum atomic E-state index is -0.0512. The van der Waals surface area contributed by atoms with Crippen LogP contribution < -0.4 is 5.32 Å². The molecule has 24 heavy (non-hydrogen) atoms. The van der Waals surface area contributed by atoms with Crippen LogP contribution in [-0.4, -0.2) is 17.5 Å². The smallest absolute Gasteiger partial charge is 0.317 e. The lowest BCUT2D eigenvalue weighted by atomic mass is 10.00. The lowest BCUT2D eigenvalue weighted by Gasteiger charge is -2.30. The van der Waals surface area contributed by atoms with Crippen LogP contribution in [0.15, 0.2) is 48.5 Å². The van der Waals surface area contributed by atoms with E-state index in [1.54, 1.807) is 12.1 Å². The van der Waals surface area contributed by atoms with E-state index in [9.17, 15) is 4.79 Å². The lowest BCUT2D eigenvalue weighted by Crippen LogP contribution is -2.38. The summed E-state index contributed by atoms with van der Waals surface area (Å²) in [5, 5.41) is 3.62. The van der Waals surface area contributed by atoms with E-state index in [-0.39, 0.29) is 12.1 Å². The Bertz CT molecular complexity index is 699. The van der Waals surface area contributed by atoms with Crippen LogP contribution in [0.4, 0.5) is 10.5 Å². The maximum atomic E-state index is 12.9. The molecule has 0 bridgehead atoms. The van der Waals surface area contributed by atoms with Gasteiger partial charge in [-0.2, -0.15) is 0 Å². The zero-order valence-electron chi connectivity index (χ0n) is 14.0. The summed E-state index contributed by atoms with van der Waals surface area (Å²) in [6, 6.07) is 15.9. The van der Waals surface area contributed by atoms with Crippen LogP contribution in [0.25, 0.3) is 0 Å². The van der Waals surface area contributed by atoms with Crippen molar-refractivity contribution in [3.63, 3.8) is 0 Å². The first kappa shape index (κ1) is 16.8. The van der Waals surface area contributed by atoms with Crippen LogP contribution in [0.3, 0.4) is 0 Å². The number of hydrogen-bond acceptors (Lipinski definition) is 1. The molecule has 3 rings (SSSR count). The van der Waals surface area contributed by atoms with E-state index < -0.39 is 0 Å². The number of hydrogen-bond donors (Lipinski definition) is 1. The normalized spacial score (nSPS) is 18.1. The van der Waals surface area contributed by atoms with Gasteiger partial charge >= 0.3 is 6.03 Å². The second-order valence-electron chi connectivity index (χ2n) is 6.41. The van der Waals surface area contributed by atoms with Crippen molar-refractivity contribution in [2.24, 2.45) is 0 Å². The molecule has 1 heterocycles. The van der Waals surface area contributed by atoms with Gasteiger partial charge < -0.3 is 10.2 Å². The van der Waals surface area contributed by atoms with Gasteiger partial charge in [0, 0.05) is 17.3 Å². The Kier molecular flexibility index (Phi) is 5.41. The van der Waals surface area contributed by atoms with Crippen molar-refractivity contribution < 1.29 is 4.79 Å². The molecule has 2 aromatic rings. The number of benzene rings is 2. The monoisotopic (exact) mass is 342 g/mol. The molecule has 1 N–H and O–H groups in total. The Labute approximate surface area is 148 Å². The number of rotatable bonds is 2. The SMILES string of the molecule is Cc1ccc([C@@H]2CCCCCN2C(=O)Nc2cccc(Cl)c2)cc1. The fourth-order valence-electron chi connectivity index (χ4n) is 3.25. The zero-order valence-corrected chi connectivity index (χ0v) is 14.7. The molecule has 0 saturated carbocycles. The number of amides is 2. The summed E-state index contributed by atoms with van der Waals surface area (Å²) in [6.07, 6.45) is 4.38. The third kappa shape index (κ3) is 4.09. The summed E-state index contributed by atoms with van der Waals surface area (Å²) in [5.41, 5.74) is 3.19. The van der Waals surface area contributed by atoms with E-state index in [1.807, 2.05) is 17.0 Å². The van der Waals surface area contributed by atoms with Gasteiger partial charge in [0.15, 0.2) is 0 Å². The molecular weight excluding hydrogens is 320 g/mol. The minimum Gasteiger partial charge on any atom is -0.317 e. The van der Waals surface area contributed by atoms with E-state index in [2.05, 4.69) is 36.5 Å². The third-order valence-electron chi connectivity index (χ3n) is 4.55. The Morgan fingerprint density at radius 1 is 1.12 bits per heavy atom. The largest absolute Gasteiger partial charge is 0.322 e. The van der Waals surface area contributed by atoms with Crippen LogP contribution >= 0.6 is 11.6 Å². The maximum Gasteiger partial charge on any atom is 0.322 e. The number of carbonyl (C=O) groups excluding carboxylic acids is 1. The van der Waals surface area contributed by atoms with Crippen molar-refractivity contribution in [1.29, 1.82) is 0 Å². The van der Waals surface area contributed by atoms with Crippen molar-refractivity contribution in [3.05, 3.63) is 64.7 Å². The summed E-state index contributed by atoms with van der Waals surface area (Å²) >= 11 is 6.01. The molecule has 0 aromatic heterocycles. The van der Waals surface area contributed by atoms with Crippen LogP contribution in [0.1, 0.15) is 42.9 Å². The first-order chi connectivity index (χ1) is 11.6. The van der Waals surface area contributed by atoms with E-state index in [4.69, 9.17) is 11.6 Å². The molecule has 0 unspecified atom stereocenters. The van der Waals surface area contributed by atoms with Crippen LogP contribution in [0.2, 0.25) is 5.02 Å². The fourth-order valence-corrected chi connectivity index (χ4v) is 3.44. The average molecular weight is 343 g/mol. The van der Waals surface area contributed by atoms with Gasteiger partial charge in [0.05, 0.1) is 6.04 Å². The van der Waals surface area contributed by atoms with Gasteiger partial charge in [-0.15, -0.1) is 0 Å². The van der Waals surface area contributed by atoms with Gasteiger partial charge in [0.25, 0.3) is 0 Å². The number of anilines is 1. The first-order valence-corrected chi connectivity index (χ1v) is 8.91. The highest BCUT2D eigenvalue weighted by Crippen LogP contribution is 2.31. The number of urea groups is 1. The van der Waals surface area contributed by atoms with Crippen LogP contribution in [0.5, 0.6) is 0 Å². The van der Waals surface area contributed by atoms with Crippen molar-refractivity contribution in [2.75, 3.05) is 11.9 Å². The van der Waals surface area contributed by atoms with E-state index in [0.29, 0.717) is 5.02 Å². The molecule has 4 heteroatoms. The van der Waals surface area contributed by atoms with Gasteiger partial charge in [-0.3, -0.25) is 0 Å². The molecule has 1 fully saturated rings. The Balaban J connectivity index is 1.81. The number of nitrogens with one attached hydrogen (secondary N) is 1. The molecule has 3 nitrogen and oxygen atoms in total. The molecule has 2 amide bonds. The molecule has 126 valence electrons. The van der Waals surface area contributed by atoms with Crippen LogP contribution in [0, 0.1) is 6.92 Å². The van der Waals surface area contributed by atoms with Crippen LogP contribution in [-0.2, 0) is 0 Å². The standard InChI is InChI=1S/C20H23ClN2O/c1-15-9-11-16(12-10-15)19-8-3-2-4-13-23(19)20(24)22-18-7-5-6-17(21)14-18/h5-7,9-12,14,19H,2-4,8,13H2,1H3,(H,22,24)/t19-/m0/s1. The molecular formula is C20H23ClN2O. The number of carbonyl (C=O) groups is 1. The average Bonchev–Trinajstić information content (AvgIpc) is 2.81. The summed E-state index contributed by atoms with van der Waals surface area (Å²) in [6.45, 7) is 2.87. The van der Waals surface area contributed by atoms with E-state index in [1.165, 1.54) is 17.5 Å². The summed E-state index contributed by atoms with van der Waals surface area (Å²) in [4.78, 5) is 14.8. The summed E-state index contributed by atoms with van der Waals surface area (Å²) in [7, 11) is 0. The van der Waals surface area contributed by atoms with Crippen molar-refractivity contribution in [3.8, 4) is 0 Å². The topological polar surface area (TPSA) is 32.3 Å². The molecule has 0 aliphatic carbocycles. The van der Waals surface area contributed by atoms with E-state index >= 15 is 0 Å². The number of nitrogens with zero attached hydrogens (tertiary/aromatic N) is 1. The molecule has 1 saturated heterocycles. The number of aryl methyl sites for hydroxylation is 1. The van der Waals surface area contributed by atoms with Gasteiger partial charge in [-0.25, -0.2) is 4.79 Å². The predicted molar refractivity (Wildman–Crippen MR) is 99.6 cm³/mol. The highest BCUT2D eigenvalue weighted by Gasteiger charge is 2.26. The molecule has 1 aliphatic heterocycles. The van der Waals surface area contributed by atoms with Gasteiger partial charge in [0.1, 0.15) is 0 Å². The first-order valence-electron chi connectivity index (χ1n) is 8.53. The molecule has 1 aliphatic rings. The lowest BCUT2D eigenvalue weighted by molar-refractivity contribution is 0.189. The molecule has 1 atom stereocenters. The molecule has 0 spiro atoms. The van der Waals surface area contributed by atoms with Crippen molar-refractivity contribution in [2.45, 2.75) is 38.6 Å². The Hall–Kier alpha value is -2.00. The number of likely N-dealkylation sites (tertiary alicyclic amines) is 1. The highest BCUT2D eigenvalue weighted by atomic mass is 35.5. The quantitative estimate of drug-likeness (QED) is 0.735. The van der Waals surface area contributed by atoms with Crippen molar-refractivity contribution >= 4 is 23.3 Å². The second-order valence-corrected chi connectivity index (χ2v) is 6.85. The predicted octanol–water partition coefficient (Wildman–Crippen LogP) is 5.80. The van der Waals surface area contributed by atoms with Crippen molar-refractivity contribution in [1.82, 2.24) is 4.90 Å². The summed E-state index contributed by atoms with van der Waals surface area (Å²) in [5.74, 6) is 0. The fraction of sp³-hybridized carbons (Fsp3) is 0.350. The summed E-state index contributed by atoms with van der Waals surface area (Å²) < 4.78 is 0. The highest BCUT2D eigenvalue weighted by molar-refractivity contribution is 6.30. The molecule has 0 radical (unpaired) electrons. The minimum absolute atomic E-state index is 0.0512. The van der Waals surface area contributed by atoms with Gasteiger partial charge in [-0.05, 0) is 43.5 Å². The second kappa shape index (κ2) is 7.71. The zero-order chi connectivity index (χ0) is 16.9. The van der Waals surface area contributed by atoms with Gasteiger partial charge in [0.2, 0.25) is 0 Å². The van der Waals surface area contributed by atoms with Gasteiger partial charge in [-0.1, -0.05) is 60.3 Å². The molecule has 2 aromatic carbocycles. The van der Waals surface area contributed by atoms with E-state index in [0.717, 1.165) is 31.5 Å².